The van der Waals surface area contributed by atoms with Crippen LogP contribution in [-0.2, 0) is 4.79 Å². The molecule has 1 unspecified atom stereocenters. The number of carboxylic acids is 1. The van der Waals surface area contributed by atoms with Crippen LogP contribution in [0.15, 0.2) is 11.6 Å². The van der Waals surface area contributed by atoms with Gasteiger partial charge in [-0.2, -0.15) is 74.6 Å². The van der Waals surface area contributed by atoms with Gasteiger partial charge in [0.25, 0.3) is 0 Å². The highest BCUT2D eigenvalue weighted by Gasteiger charge is 2.96. The molecule has 0 aromatic rings. The summed E-state index contributed by atoms with van der Waals surface area (Å²) in [6.07, 6.45) is -10.2. The summed E-state index contributed by atoms with van der Waals surface area (Å²) in [5.41, 5.74) is -5.77. The van der Waals surface area contributed by atoms with Crippen LogP contribution in [0.3, 0.4) is 0 Å². The van der Waals surface area contributed by atoms with Crippen LogP contribution in [0.25, 0.3) is 0 Å². The fourth-order valence-electron chi connectivity index (χ4n) is 2.62. The van der Waals surface area contributed by atoms with Crippen molar-refractivity contribution < 1.29 is 94.8 Å². The van der Waals surface area contributed by atoms with Gasteiger partial charge in [-0.3, -0.25) is 0 Å². The molecule has 0 amide bonds. The Labute approximate surface area is 207 Å². The molecule has 0 aliphatic carbocycles. The van der Waals surface area contributed by atoms with Crippen LogP contribution in [0.2, 0.25) is 0 Å². The SMILES string of the molecule is CCC(C=C(C)C(=O)O)(CO)C(F)(F)C(F)(F)C(F)(F)C(F)(F)C(F)(F)C(F)(F)C(F)(F)C(F)(F)F.CCO. The lowest BCUT2D eigenvalue weighted by atomic mass is 9.72. The van der Waals surface area contributed by atoms with Gasteiger partial charge in [-0.15, -0.1) is 0 Å². The normalized spacial score (nSPS) is 16.8. The molecular weight excluding hydrogens is 603 g/mol. The summed E-state index contributed by atoms with van der Waals surface area (Å²) < 4.78 is 228. The van der Waals surface area contributed by atoms with Crippen molar-refractivity contribution in [1.29, 1.82) is 0 Å². The molecule has 1 atom stereocenters. The number of aliphatic carboxylic acids is 1. The summed E-state index contributed by atoms with van der Waals surface area (Å²) in [7, 11) is 0. The van der Waals surface area contributed by atoms with E-state index in [0.717, 1.165) is 0 Å². The number of hydrogen-bond acceptors (Lipinski definition) is 3. The van der Waals surface area contributed by atoms with Crippen LogP contribution in [0.5, 0.6) is 0 Å². The first-order chi connectivity index (χ1) is 16.9. The molecule has 0 saturated carbocycles. The zero-order valence-electron chi connectivity index (χ0n) is 19.4. The third-order valence-electron chi connectivity index (χ3n) is 5.09. The number of carbonyl (C=O) groups is 1. The Morgan fingerprint density at radius 1 is 0.590 bits per heavy atom. The maximum atomic E-state index is 14.6. The highest BCUT2D eigenvalue weighted by Crippen LogP contribution is 2.66. The van der Waals surface area contributed by atoms with E-state index >= 15 is 0 Å². The average Bonchev–Trinajstić information content (AvgIpc) is 2.75. The van der Waals surface area contributed by atoms with Gasteiger partial charge in [-0.05, 0) is 20.3 Å². The van der Waals surface area contributed by atoms with Crippen molar-refractivity contribution in [3.05, 3.63) is 11.6 Å². The Hall–Kier alpha value is -2.06. The van der Waals surface area contributed by atoms with Crippen LogP contribution in [0, 0.1) is 5.41 Å². The molecule has 0 fully saturated rings. The Kier molecular flexibility index (Phi) is 11.5. The first-order valence-corrected chi connectivity index (χ1v) is 9.72. The number of alkyl halides is 17. The summed E-state index contributed by atoms with van der Waals surface area (Å²) >= 11 is 0. The minimum atomic E-state index is -8.77. The van der Waals surface area contributed by atoms with E-state index < -0.39 is 83.7 Å². The third kappa shape index (κ3) is 5.74. The number of hydrogen-bond donors (Lipinski definition) is 3. The fourth-order valence-corrected chi connectivity index (χ4v) is 2.62. The van der Waals surface area contributed by atoms with Gasteiger partial charge < -0.3 is 15.3 Å². The van der Waals surface area contributed by atoms with Crippen LogP contribution >= 0.6 is 0 Å². The van der Waals surface area contributed by atoms with Gasteiger partial charge in [0, 0.05) is 12.2 Å². The molecule has 4 nitrogen and oxygen atoms in total. The molecule has 0 aliphatic heterocycles. The molecule has 0 bridgehead atoms. The number of halogens is 17. The Balaban J connectivity index is 0. The quantitative estimate of drug-likeness (QED) is 0.184. The molecule has 39 heavy (non-hydrogen) atoms. The maximum absolute atomic E-state index is 14.6. The maximum Gasteiger partial charge on any atom is 0.460 e. The first kappa shape index (κ1) is 39.1. The lowest BCUT2D eigenvalue weighted by Crippen LogP contribution is -2.75. The van der Waals surface area contributed by atoms with Crippen LogP contribution in [0.1, 0.15) is 27.2 Å². The van der Waals surface area contributed by atoms with Crippen molar-refractivity contribution in [2.75, 3.05) is 13.2 Å². The second-order valence-electron chi connectivity index (χ2n) is 7.64. The van der Waals surface area contributed by atoms with Gasteiger partial charge >= 0.3 is 53.6 Å². The topological polar surface area (TPSA) is 77.8 Å². The lowest BCUT2D eigenvalue weighted by Gasteiger charge is -2.46. The monoisotopic (exact) mass is 622 g/mol. The molecule has 21 heteroatoms. The van der Waals surface area contributed by atoms with E-state index in [9.17, 15) is 79.4 Å². The van der Waals surface area contributed by atoms with Gasteiger partial charge in [0.1, 0.15) is 0 Å². The predicted molar refractivity (Wildman–Crippen MR) is 94.6 cm³/mol. The molecule has 3 N–H and O–H groups in total. The Morgan fingerprint density at radius 3 is 1.05 bits per heavy atom. The second kappa shape index (κ2) is 11.4. The molecule has 234 valence electrons. The average molecular weight is 622 g/mol. The Bertz CT molecular complexity index is 873. The summed E-state index contributed by atoms with van der Waals surface area (Å²) in [5, 5.41) is 25.3. The predicted octanol–water partition coefficient (Wildman–Crippen LogP) is 6.41. The number of rotatable bonds is 11. The van der Waals surface area contributed by atoms with Crippen LogP contribution in [-0.4, -0.2) is 82.1 Å². The molecule has 0 saturated heterocycles. The summed E-state index contributed by atoms with van der Waals surface area (Å²) in [6.45, 7) is 0.0725. The summed E-state index contributed by atoms with van der Waals surface area (Å²) in [5.74, 6) is -60.2. The highest BCUT2D eigenvalue weighted by molar-refractivity contribution is 5.86. The minimum absolute atomic E-state index is 0.250. The van der Waals surface area contributed by atoms with Crippen LogP contribution in [0.4, 0.5) is 74.6 Å². The molecule has 0 heterocycles. The molecule has 0 radical (unpaired) electrons. The zero-order chi connectivity index (χ0) is 32.5. The minimum Gasteiger partial charge on any atom is -0.478 e. The van der Waals surface area contributed by atoms with E-state index in [-0.39, 0.29) is 6.61 Å². The molecule has 0 rings (SSSR count). The van der Waals surface area contributed by atoms with Gasteiger partial charge in [0.15, 0.2) is 0 Å². The number of aliphatic hydroxyl groups is 2. The van der Waals surface area contributed by atoms with Gasteiger partial charge in [0.05, 0.1) is 12.0 Å². The summed E-state index contributed by atoms with van der Waals surface area (Å²) in [4.78, 5) is 10.8. The molecular formula is C18H19F17O4. The molecule has 0 aromatic carbocycles. The standard InChI is InChI=1S/C16H13F17O3.C2H6O/c1-3-8(5-34,4-6(2)7(35)36)9(17,18)10(19,20)11(21,22)12(23,24)13(25,26)14(27,28)15(29,30)16(31,32)33;1-2-3/h4,34H,3,5H2,1-2H3,(H,35,36);3H,2H2,1H3. The Morgan fingerprint density at radius 2 is 0.846 bits per heavy atom. The zero-order valence-corrected chi connectivity index (χ0v) is 19.4. The van der Waals surface area contributed by atoms with E-state index in [2.05, 4.69) is 0 Å². The molecule has 0 spiro atoms. The number of aliphatic hydroxyl groups excluding tert-OH is 2. The third-order valence-corrected chi connectivity index (χ3v) is 5.09. The van der Waals surface area contributed by atoms with Gasteiger partial charge in [0.2, 0.25) is 0 Å². The van der Waals surface area contributed by atoms with E-state index in [4.69, 9.17) is 15.3 Å². The highest BCUT2D eigenvalue weighted by atomic mass is 19.4. The lowest BCUT2D eigenvalue weighted by molar-refractivity contribution is -0.465. The van der Waals surface area contributed by atoms with E-state index in [1.165, 1.54) is 0 Å². The van der Waals surface area contributed by atoms with E-state index in [1.807, 2.05) is 0 Å². The molecule has 0 aliphatic rings. The van der Waals surface area contributed by atoms with Gasteiger partial charge in [-0.25, -0.2) is 4.79 Å². The fraction of sp³-hybridized carbons (Fsp3) is 0.833. The van der Waals surface area contributed by atoms with Crippen molar-refractivity contribution >= 4 is 5.97 Å². The van der Waals surface area contributed by atoms with Crippen molar-refractivity contribution in [1.82, 2.24) is 0 Å². The summed E-state index contributed by atoms with van der Waals surface area (Å²) in [6, 6.07) is 0. The smallest absolute Gasteiger partial charge is 0.460 e. The van der Waals surface area contributed by atoms with Crippen molar-refractivity contribution in [3.63, 3.8) is 0 Å². The van der Waals surface area contributed by atoms with Crippen molar-refractivity contribution in [2.45, 2.75) is 74.8 Å². The second-order valence-corrected chi connectivity index (χ2v) is 7.64. The largest absolute Gasteiger partial charge is 0.478 e. The van der Waals surface area contributed by atoms with Crippen molar-refractivity contribution in [2.24, 2.45) is 5.41 Å². The van der Waals surface area contributed by atoms with Crippen molar-refractivity contribution in [3.8, 4) is 0 Å². The first-order valence-electron chi connectivity index (χ1n) is 9.72. The van der Waals surface area contributed by atoms with Gasteiger partial charge in [-0.1, -0.05) is 13.0 Å². The molecule has 0 aromatic heterocycles. The van der Waals surface area contributed by atoms with E-state index in [0.29, 0.717) is 13.8 Å². The number of carboxylic acid groups (broad SMARTS) is 1. The van der Waals surface area contributed by atoms with E-state index in [1.54, 1.807) is 6.92 Å². The van der Waals surface area contributed by atoms with Crippen LogP contribution < -0.4 is 0 Å².